The van der Waals surface area contributed by atoms with Crippen molar-refractivity contribution in [2.75, 3.05) is 32.1 Å². The largest absolute Gasteiger partial charge is 0.350 e. The molecule has 1 fully saturated rings. The molecule has 1 aromatic heterocycles. The number of halogens is 1. The van der Waals surface area contributed by atoms with Crippen LogP contribution in [0, 0.1) is 5.82 Å². The van der Waals surface area contributed by atoms with E-state index in [0.29, 0.717) is 42.3 Å². The molecular formula is C22H28FN5O2. The van der Waals surface area contributed by atoms with Crippen molar-refractivity contribution in [2.45, 2.75) is 38.6 Å². The average molecular weight is 413 g/mol. The van der Waals surface area contributed by atoms with Gasteiger partial charge in [-0.25, -0.2) is 14.4 Å². The lowest BCUT2D eigenvalue weighted by molar-refractivity contribution is -0.129. The smallest absolute Gasteiger partial charge is 0.254 e. The summed E-state index contributed by atoms with van der Waals surface area (Å²) in [6.45, 7) is 4.84. The molecule has 1 unspecified atom stereocenters. The molecule has 1 aliphatic heterocycles. The van der Waals surface area contributed by atoms with Gasteiger partial charge in [0.2, 0.25) is 11.9 Å². The molecule has 0 bridgehead atoms. The van der Waals surface area contributed by atoms with Crippen LogP contribution in [-0.4, -0.2) is 59.9 Å². The van der Waals surface area contributed by atoms with Crippen LogP contribution >= 0.6 is 0 Å². The fraction of sp³-hybridized carbons (Fsp3) is 0.455. The van der Waals surface area contributed by atoms with E-state index in [1.165, 1.54) is 12.1 Å². The fourth-order valence-corrected chi connectivity index (χ4v) is 3.57. The zero-order valence-corrected chi connectivity index (χ0v) is 17.9. The highest BCUT2D eigenvalue weighted by Crippen LogP contribution is 2.29. The number of carbonyl (C=O) groups is 2. The van der Waals surface area contributed by atoms with Crippen molar-refractivity contribution < 1.29 is 14.0 Å². The summed E-state index contributed by atoms with van der Waals surface area (Å²) >= 11 is 0. The number of rotatable bonds is 6. The van der Waals surface area contributed by atoms with Gasteiger partial charge in [-0.15, -0.1) is 0 Å². The van der Waals surface area contributed by atoms with Crippen molar-refractivity contribution in [1.29, 1.82) is 0 Å². The van der Waals surface area contributed by atoms with Crippen LogP contribution in [0.4, 0.5) is 10.3 Å². The van der Waals surface area contributed by atoms with E-state index in [0.717, 1.165) is 0 Å². The number of likely N-dealkylation sites (tertiary alicyclic amines) is 1. The molecule has 3 rings (SSSR count). The molecule has 0 saturated carbocycles. The van der Waals surface area contributed by atoms with E-state index in [1.54, 1.807) is 28.1 Å². The van der Waals surface area contributed by atoms with Gasteiger partial charge in [-0.05, 0) is 38.0 Å². The van der Waals surface area contributed by atoms with Crippen LogP contribution in [0.3, 0.4) is 0 Å². The monoisotopic (exact) mass is 413 g/mol. The number of nitrogens with one attached hydrogen (secondary N) is 1. The van der Waals surface area contributed by atoms with Crippen LogP contribution in [0.25, 0.3) is 0 Å². The number of amides is 2. The van der Waals surface area contributed by atoms with Crippen LogP contribution < -0.4 is 10.2 Å². The number of anilines is 1. The van der Waals surface area contributed by atoms with Crippen molar-refractivity contribution in [3.63, 3.8) is 0 Å². The van der Waals surface area contributed by atoms with Gasteiger partial charge < -0.3 is 15.1 Å². The molecule has 1 aromatic carbocycles. The molecule has 0 spiro atoms. The Morgan fingerprint density at radius 2 is 2.10 bits per heavy atom. The third-order valence-electron chi connectivity index (χ3n) is 5.04. The van der Waals surface area contributed by atoms with Gasteiger partial charge in [-0.3, -0.25) is 9.59 Å². The Morgan fingerprint density at radius 1 is 1.33 bits per heavy atom. The van der Waals surface area contributed by atoms with Crippen molar-refractivity contribution in [3.05, 3.63) is 53.1 Å². The highest BCUT2D eigenvalue weighted by molar-refractivity contribution is 5.95. The van der Waals surface area contributed by atoms with Crippen LogP contribution in [0.5, 0.6) is 0 Å². The zero-order valence-electron chi connectivity index (χ0n) is 17.9. The van der Waals surface area contributed by atoms with Gasteiger partial charge in [0.05, 0.1) is 17.7 Å². The first-order valence-electron chi connectivity index (χ1n) is 10.1. The van der Waals surface area contributed by atoms with E-state index in [-0.39, 0.29) is 36.0 Å². The second kappa shape index (κ2) is 9.19. The second-order valence-corrected chi connectivity index (χ2v) is 8.12. The molecule has 2 aromatic rings. The SMILES string of the molecule is CC(C)NC(=O)c1cnc(N(C)C)nc1C1CCN(C(=O)Cc2cccc(F)c2)C1. The quantitative estimate of drug-likeness (QED) is 0.787. The van der Waals surface area contributed by atoms with Crippen LogP contribution in [0.15, 0.2) is 30.5 Å². The van der Waals surface area contributed by atoms with Crippen LogP contribution in [0.2, 0.25) is 0 Å². The second-order valence-electron chi connectivity index (χ2n) is 8.12. The fourth-order valence-electron chi connectivity index (χ4n) is 3.57. The molecule has 1 saturated heterocycles. The van der Waals surface area contributed by atoms with Crippen LogP contribution in [0.1, 0.15) is 47.8 Å². The Hall–Kier alpha value is -3.03. The number of nitrogens with zero attached hydrogens (tertiary/aromatic N) is 4. The molecule has 1 atom stereocenters. The van der Waals surface area contributed by atoms with E-state index in [2.05, 4.69) is 15.3 Å². The molecule has 1 aliphatic rings. The average Bonchev–Trinajstić information content (AvgIpc) is 3.17. The molecule has 0 aliphatic carbocycles. The molecule has 30 heavy (non-hydrogen) atoms. The van der Waals surface area contributed by atoms with Gasteiger partial charge in [-0.2, -0.15) is 0 Å². The highest BCUT2D eigenvalue weighted by Gasteiger charge is 2.31. The van der Waals surface area contributed by atoms with E-state index in [9.17, 15) is 14.0 Å². The number of hydrogen-bond acceptors (Lipinski definition) is 5. The molecular weight excluding hydrogens is 385 g/mol. The Morgan fingerprint density at radius 3 is 2.77 bits per heavy atom. The van der Waals surface area contributed by atoms with Gasteiger partial charge in [0.25, 0.3) is 5.91 Å². The summed E-state index contributed by atoms with van der Waals surface area (Å²) in [5.74, 6) is -0.155. The standard InChI is InChI=1S/C22H28FN5O2/c1-14(2)25-21(30)18-12-24-22(27(3)4)26-20(18)16-8-9-28(13-16)19(29)11-15-6-5-7-17(23)10-15/h5-7,10,12,14,16H,8-9,11,13H2,1-4H3,(H,25,30). The zero-order chi connectivity index (χ0) is 21.8. The number of benzene rings is 1. The van der Waals surface area contributed by atoms with E-state index >= 15 is 0 Å². The molecule has 1 N–H and O–H groups in total. The maximum absolute atomic E-state index is 13.4. The summed E-state index contributed by atoms with van der Waals surface area (Å²) in [6.07, 6.45) is 2.42. The Balaban J connectivity index is 1.79. The Bertz CT molecular complexity index is 931. The minimum Gasteiger partial charge on any atom is -0.350 e. The highest BCUT2D eigenvalue weighted by atomic mass is 19.1. The van der Waals surface area contributed by atoms with E-state index in [1.807, 2.05) is 27.9 Å². The number of aromatic nitrogens is 2. The minimum absolute atomic E-state index is 0.00759. The van der Waals surface area contributed by atoms with Gasteiger partial charge in [0.15, 0.2) is 0 Å². The van der Waals surface area contributed by atoms with Crippen LogP contribution in [-0.2, 0) is 11.2 Å². The maximum Gasteiger partial charge on any atom is 0.254 e. The molecule has 160 valence electrons. The van der Waals surface area contributed by atoms with Gasteiger partial charge in [0.1, 0.15) is 5.82 Å². The Kier molecular flexibility index (Phi) is 6.64. The maximum atomic E-state index is 13.4. The van der Waals surface area contributed by atoms with Crippen molar-refractivity contribution in [1.82, 2.24) is 20.2 Å². The van der Waals surface area contributed by atoms with Gasteiger partial charge in [-0.1, -0.05) is 12.1 Å². The lowest BCUT2D eigenvalue weighted by Gasteiger charge is -2.20. The predicted molar refractivity (Wildman–Crippen MR) is 113 cm³/mol. The molecule has 7 nitrogen and oxygen atoms in total. The van der Waals surface area contributed by atoms with E-state index < -0.39 is 0 Å². The molecule has 2 heterocycles. The lowest BCUT2D eigenvalue weighted by atomic mass is 9.99. The molecule has 8 heteroatoms. The number of hydrogen-bond donors (Lipinski definition) is 1. The van der Waals surface area contributed by atoms with Crippen molar-refractivity contribution >= 4 is 17.8 Å². The topological polar surface area (TPSA) is 78.4 Å². The van der Waals surface area contributed by atoms with Crippen molar-refractivity contribution in [3.8, 4) is 0 Å². The summed E-state index contributed by atoms with van der Waals surface area (Å²) in [7, 11) is 3.69. The predicted octanol–water partition coefficient (Wildman–Crippen LogP) is 2.38. The van der Waals surface area contributed by atoms with Crippen molar-refractivity contribution in [2.24, 2.45) is 0 Å². The lowest BCUT2D eigenvalue weighted by Crippen LogP contribution is -2.33. The summed E-state index contributed by atoms with van der Waals surface area (Å²) in [5.41, 5.74) is 1.75. The normalized spacial score (nSPS) is 16.1. The van der Waals surface area contributed by atoms with E-state index in [4.69, 9.17) is 0 Å². The van der Waals surface area contributed by atoms with Gasteiger partial charge in [0, 0.05) is 45.3 Å². The van der Waals surface area contributed by atoms with Gasteiger partial charge >= 0.3 is 0 Å². The minimum atomic E-state index is -0.349. The molecule has 0 radical (unpaired) electrons. The first-order chi connectivity index (χ1) is 14.2. The molecule has 2 amide bonds. The first-order valence-corrected chi connectivity index (χ1v) is 10.1. The summed E-state index contributed by atoms with van der Waals surface area (Å²) in [6, 6.07) is 6.09. The first kappa shape index (κ1) is 21.7. The summed E-state index contributed by atoms with van der Waals surface area (Å²) in [5, 5.41) is 2.89. The number of carbonyl (C=O) groups excluding carboxylic acids is 2. The third kappa shape index (κ3) is 5.11. The summed E-state index contributed by atoms with van der Waals surface area (Å²) in [4.78, 5) is 37.9. The summed E-state index contributed by atoms with van der Waals surface area (Å²) < 4.78 is 13.4. The third-order valence-corrected chi connectivity index (χ3v) is 5.04. The Labute approximate surface area is 176 Å².